The minimum absolute atomic E-state index is 0.0460. The van der Waals surface area contributed by atoms with Crippen LogP contribution in [0.2, 0.25) is 0 Å². The first-order chi connectivity index (χ1) is 12.6. The number of rotatable bonds is 4. The Morgan fingerprint density at radius 2 is 1.81 bits per heavy atom. The highest BCUT2D eigenvalue weighted by atomic mass is 32.1. The molecule has 6 rings (SSSR count). The number of hydrogen-bond acceptors (Lipinski definition) is 4. The van der Waals surface area contributed by atoms with E-state index >= 15 is 0 Å². The lowest BCUT2D eigenvalue weighted by atomic mass is 9.48. The van der Waals surface area contributed by atoms with E-state index < -0.39 is 0 Å². The van der Waals surface area contributed by atoms with Gasteiger partial charge >= 0.3 is 0 Å². The van der Waals surface area contributed by atoms with E-state index in [0.717, 1.165) is 48.7 Å². The van der Waals surface area contributed by atoms with Gasteiger partial charge in [0.15, 0.2) is 0 Å². The molecule has 5 aliphatic rings. The van der Waals surface area contributed by atoms with Crippen LogP contribution in [0.25, 0.3) is 0 Å². The van der Waals surface area contributed by atoms with Crippen molar-refractivity contribution in [3.63, 3.8) is 0 Å². The van der Waals surface area contributed by atoms with E-state index in [1.807, 2.05) is 5.38 Å². The molecule has 1 atom stereocenters. The molecule has 4 nitrogen and oxygen atoms in total. The molecule has 4 bridgehead atoms. The van der Waals surface area contributed by atoms with E-state index in [0.29, 0.717) is 17.0 Å². The van der Waals surface area contributed by atoms with E-state index in [-0.39, 0.29) is 11.9 Å². The Morgan fingerprint density at radius 1 is 1.19 bits per heavy atom. The summed E-state index contributed by atoms with van der Waals surface area (Å²) in [6, 6.07) is 0.271. The molecule has 0 spiro atoms. The summed E-state index contributed by atoms with van der Waals surface area (Å²) >= 11 is 1.67. The van der Waals surface area contributed by atoms with Crippen LogP contribution in [0.1, 0.15) is 79.7 Å². The third-order valence-electron chi connectivity index (χ3n) is 7.79. The Balaban J connectivity index is 1.26. The van der Waals surface area contributed by atoms with Crippen molar-refractivity contribution in [1.82, 2.24) is 15.6 Å². The van der Waals surface area contributed by atoms with Crippen LogP contribution in [0, 0.1) is 23.2 Å². The second-order valence-electron chi connectivity index (χ2n) is 9.57. The average Bonchev–Trinajstić information content (AvgIpc) is 3.11. The molecule has 0 aromatic carbocycles. The van der Waals surface area contributed by atoms with E-state index in [1.54, 1.807) is 11.3 Å². The van der Waals surface area contributed by atoms with Crippen molar-refractivity contribution >= 4 is 17.2 Å². The molecule has 1 aliphatic heterocycles. The normalized spacial score (nSPS) is 37.7. The van der Waals surface area contributed by atoms with Crippen molar-refractivity contribution in [3.8, 4) is 0 Å². The van der Waals surface area contributed by atoms with E-state index in [9.17, 15) is 4.79 Å². The predicted molar refractivity (Wildman–Crippen MR) is 104 cm³/mol. The number of hydrogen-bond donors (Lipinski definition) is 2. The first-order valence-corrected chi connectivity index (χ1v) is 11.5. The third-order valence-corrected chi connectivity index (χ3v) is 8.80. The number of thiazole rings is 1. The zero-order valence-corrected chi connectivity index (χ0v) is 16.6. The molecule has 0 radical (unpaired) electrons. The Bertz CT molecular complexity index is 643. The number of nitrogens with zero attached hydrogens (tertiary/aromatic N) is 1. The van der Waals surface area contributed by atoms with E-state index in [1.165, 1.54) is 38.5 Å². The maximum atomic E-state index is 12.9. The highest BCUT2D eigenvalue weighted by Gasteiger charge is 2.53. The Hall–Kier alpha value is -0.940. The van der Waals surface area contributed by atoms with Gasteiger partial charge in [-0.3, -0.25) is 4.79 Å². The molecular weight excluding hydrogens is 342 g/mol. The van der Waals surface area contributed by atoms with Crippen molar-refractivity contribution < 1.29 is 4.79 Å². The van der Waals surface area contributed by atoms with Crippen LogP contribution in [-0.4, -0.2) is 30.0 Å². The third kappa shape index (κ3) is 3.01. The van der Waals surface area contributed by atoms with E-state index in [2.05, 4.69) is 17.6 Å². The van der Waals surface area contributed by atoms with Crippen LogP contribution in [0.3, 0.4) is 0 Å². The zero-order valence-electron chi connectivity index (χ0n) is 15.8. The van der Waals surface area contributed by atoms with Crippen molar-refractivity contribution in [3.05, 3.63) is 16.1 Å². The molecule has 5 fully saturated rings. The lowest BCUT2D eigenvalue weighted by molar-refractivity contribution is -0.0688. The summed E-state index contributed by atoms with van der Waals surface area (Å²) < 4.78 is 0. The minimum Gasteiger partial charge on any atom is -0.348 e. The number of carbonyl (C=O) groups is 1. The summed E-state index contributed by atoms with van der Waals surface area (Å²) in [4.78, 5) is 17.6. The average molecular weight is 374 g/mol. The Labute approximate surface area is 160 Å². The number of nitrogens with one attached hydrogen (secondary N) is 2. The summed E-state index contributed by atoms with van der Waals surface area (Å²) in [5.74, 6) is 3.34. The van der Waals surface area contributed by atoms with Gasteiger partial charge in [-0.2, -0.15) is 0 Å². The maximum Gasteiger partial charge on any atom is 0.270 e. The lowest BCUT2D eigenvalue weighted by Gasteiger charge is -2.59. The van der Waals surface area contributed by atoms with Gasteiger partial charge in [-0.15, -0.1) is 11.3 Å². The van der Waals surface area contributed by atoms with Crippen LogP contribution in [0.15, 0.2) is 5.38 Å². The summed E-state index contributed by atoms with van der Waals surface area (Å²) in [6.45, 7) is 4.38. The van der Waals surface area contributed by atoms with Crippen molar-refractivity contribution in [2.45, 2.75) is 70.3 Å². The minimum atomic E-state index is 0.0460. The molecule has 26 heavy (non-hydrogen) atoms. The molecule has 1 aromatic heterocycles. The highest BCUT2D eigenvalue weighted by Crippen LogP contribution is 2.61. The number of carbonyl (C=O) groups excluding carboxylic acids is 1. The van der Waals surface area contributed by atoms with Gasteiger partial charge in [0, 0.05) is 17.3 Å². The van der Waals surface area contributed by atoms with Crippen LogP contribution in [0.4, 0.5) is 0 Å². The second-order valence-corrected chi connectivity index (χ2v) is 10.5. The summed E-state index contributed by atoms with van der Waals surface area (Å²) in [7, 11) is 0. The molecule has 2 heterocycles. The summed E-state index contributed by atoms with van der Waals surface area (Å²) in [6.07, 6.45) is 10.6. The van der Waals surface area contributed by atoms with Gasteiger partial charge in [0.25, 0.3) is 5.91 Å². The van der Waals surface area contributed by atoms with Gasteiger partial charge in [-0.05, 0) is 94.5 Å². The first kappa shape index (κ1) is 17.2. The number of amides is 1. The standard InChI is InChI=1S/C21H31N3OS/c1-13(21-9-14-6-15(10-21)8-16(7-14)11-21)23-19(25)18-12-26-20(24-18)17-2-4-22-5-3-17/h12-17,22H,2-11H2,1H3,(H,23,25). The lowest BCUT2D eigenvalue weighted by Crippen LogP contribution is -2.55. The highest BCUT2D eigenvalue weighted by molar-refractivity contribution is 7.09. The maximum absolute atomic E-state index is 12.9. The van der Waals surface area contributed by atoms with Gasteiger partial charge in [-0.1, -0.05) is 0 Å². The van der Waals surface area contributed by atoms with Gasteiger partial charge in [-0.25, -0.2) is 4.98 Å². The number of aromatic nitrogens is 1. The smallest absolute Gasteiger partial charge is 0.270 e. The largest absolute Gasteiger partial charge is 0.348 e. The van der Waals surface area contributed by atoms with Gasteiger partial charge in [0.1, 0.15) is 5.69 Å². The van der Waals surface area contributed by atoms with Gasteiger partial charge in [0.2, 0.25) is 0 Å². The molecule has 4 aliphatic carbocycles. The zero-order chi connectivity index (χ0) is 17.7. The van der Waals surface area contributed by atoms with Crippen LogP contribution >= 0.6 is 11.3 Å². The molecule has 5 heteroatoms. The van der Waals surface area contributed by atoms with Crippen molar-refractivity contribution in [1.29, 1.82) is 0 Å². The van der Waals surface area contributed by atoms with Crippen molar-refractivity contribution in [2.75, 3.05) is 13.1 Å². The van der Waals surface area contributed by atoms with E-state index in [4.69, 9.17) is 4.98 Å². The van der Waals surface area contributed by atoms with Gasteiger partial charge < -0.3 is 10.6 Å². The molecule has 2 N–H and O–H groups in total. The fourth-order valence-corrected chi connectivity index (χ4v) is 7.75. The first-order valence-electron chi connectivity index (χ1n) is 10.6. The molecule has 1 saturated heterocycles. The fourth-order valence-electron chi connectivity index (χ4n) is 6.78. The Morgan fingerprint density at radius 3 is 2.42 bits per heavy atom. The monoisotopic (exact) mass is 373 g/mol. The second kappa shape index (κ2) is 6.59. The number of piperidine rings is 1. The molecule has 1 unspecified atom stereocenters. The fraction of sp³-hybridized carbons (Fsp3) is 0.810. The van der Waals surface area contributed by atoms with Crippen molar-refractivity contribution in [2.24, 2.45) is 23.2 Å². The van der Waals surface area contributed by atoms with Crippen LogP contribution in [-0.2, 0) is 0 Å². The van der Waals surface area contributed by atoms with Crippen LogP contribution < -0.4 is 10.6 Å². The summed E-state index contributed by atoms with van der Waals surface area (Å²) in [5.41, 5.74) is 0.998. The quantitative estimate of drug-likeness (QED) is 0.840. The van der Waals surface area contributed by atoms with Crippen LogP contribution in [0.5, 0.6) is 0 Å². The summed E-state index contributed by atoms with van der Waals surface area (Å²) in [5, 5.41) is 9.89. The molecule has 1 amide bonds. The molecular formula is C21H31N3OS. The molecule has 1 aromatic rings. The molecule has 142 valence electrons. The SMILES string of the molecule is CC(NC(=O)c1csc(C2CCNCC2)n1)C12CC3CC(CC(C3)C1)C2. The Kier molecular flexibility index (Phi) is 4.35. The van der Waals surface area contributed by atoms with Gasteiger partial charge in [0.05, 0.1) is 5.01 Å². The molecule has 4 saturated carbocycles. The topological polar surface area (TPSA) is 54.0 Å². The predicted octanol–water partition coefficient (Wildman–Crippen LogP) is 3.94.